The Balaban J connectivity index is 2.08. The van der Waals surface area contributed by atoms with Crippen LogP contribution in [0, 0.1) is 16.9 Å². The van der Waals surface area contributed by atoms with Gasteiger partial charge in [0.1, 0.15) is 0 Å². The summed E-state index contributed by atoms with van der Waals surface area (Å²) in [6, 6.07) is 19.4. The summed E-state index contributed by atoms with van der Waals surface area (Å²) in [6.45, 7) is 0. The van der Waals surface area contributed by atoms with Gasteiger partial charge in [0.2, 0.25) is 0 Å². The number of hydrogen-bond acceptors (Lipinski definition) is 2. The molecule has 4 nitrogen and oxygen atoms in total. The Bertz CT molecular complexity index is 1050. The van der Waals surface area contributed by atoms with Gasteiger partial charge in [0, 0.05) is 27.1 Å². The second-order valence-electron chi connectivity index (χ2n) is 5.66. The van der Waals surface area contributed by atoms with E-state index in [-0.39, 0.29) is 5.84 Å². The molecule has 0 aromatic heterocycles. The first kappa shape index (κ1) is 18.3. The first-order chi connectivity index (χ1) is 12.5. The first-order valence-electron chi connectivity index (χ1n) is 7.74. The molecule has 0 unspecified atom stereocenters. The molecule has 0 bridgehead atoms. The molecule has 3 rings (SSSR count). The zero-order valence-corrected chi connectivity index (χ0v) is 17.0. The minimum absolute atomic E-state index is 0.0808. The molecule has 0 saturated heterocycles. The van der Waals surface area contributed by atoms with E-state index in [1.54, 1.807) is 7.05 Å². The maximum atomic E-state index is 9.36. The molecule has 3 aromatic rings. The van der Waals surface area contributed by atoms with Crippen LogP contribution in [-0.4, -0.2) is 23.6 Å². The Morgan fingerprint density at radius 3 is 2.27 bits per heavy atom. The summed E-state index contributed by atoms with van der Waals surface area (Å²) in [6.07, 6.45) is 2.08. The Morgan fingerprint density at radius 2 is 1.62 bits per heavy atom. The standard InChI is InChI=1S/C20H14Br2N4/c1-26(12-23)20(15-7-6-13-4-2-3-5-14(13)8-15)25-19(24)16-9-17(21)11-18(22)10-16/h2-11,24H,1H3. The highest BCUT2D eigenvalue weighted by Crippen LogP contribution is 2.22. The average Bonchev–Trinajstić information content (AvgIpc) is 2.64. The molecule has 0 amide bonds. The molecule has 3 aromatic carbocycles. The number of rotatable bonds is 2. The Morgan fingerprint density at radius 1 is 0.962 bits per heavy atom. The van der Waals surface area contributed by atoms with E-state index in [1.165, 1.54) is 4.90 Å². The van der Waals surface area contributed by atoms with Crippen LogP contribution in [0.2, 0.25) is 0 Å². The van der Waals surface area contributed by atoms with Crippen molar-refractivity contribution in [3.05, 3.63) is 80.7 Å². The van der Waals surface area contributed by atoms with Crippen LogP contribution < -0.4 is 0 Å². The number of amidine groups is 2. The predicted molar refractivity (Wildman–Crippen MR) is 113 cm³/mol. The summed E-state index contributed by atoms with van der Waals surface area (Å²) in [5.41, 5.74) is 1.43. The topological polar surface area (TPSA) is 63.2 Å². The summed E-state index contributed by atoms with van der Waals surface area (Å²) in [7, 11) is 1.64. The highest BCUT2D eigenvalue weighted by molar-refractivity contribution is 9.11. The van der Waals surface area contributed by atoms with Gasteiger partial charge >= 0.3 is 0 Å². The van der Waals surface area contributed by atoms with E-state index >= 15 is 0 Å². The minimum atomic E-state index is 0.0808. The lowest BCUT2D eigenvalue weighted by Crippen LogP contribution is -2.24. The Labute approximate surface area is 168 Å². The highest BCUT2D eigenvalue weighted by atomic mass is 79.9. The molecule has 0 saturated carbocycles. The van der Waals surface area contributed by atoms with Gasteiger partial charge in [-0.15, -0.1) is 0 Å². The number of hydrogen-bond donors (Lipinski definition) is 1. The molecule has 0 fully saturated rings. The van der Waals surface area contributed by atoms with E-state index in [4.69, 9.17) is 5.41 Å². The summed E-state index contributed by atoms with van der Waals surface area (Å²) < 4.78 is 1.70. The second kappa shape index (κ2) is 7.81. The molecule has 0 radical (unpaired) electrons. The number of halogens is 2. The second-order valence-corrected chi connectivity index (χ2v) is 7.49. The number of nitriles is 1. The summed E-state index contributed by atoms with van der Waals surface area (Å²) in [4.78, 5) is 5.81. The fourth-order valence-corrected chi connectivity index (χ4v) is 3.86. The summed E-state index contributed by atoms with van der Waals surface area (Å²) >= 11 is 6.85. The third kappa shape index (κ3) is 4.01. The van der Waals surface area contributed by atoms with Crippen molar-refractivity contribution < 1.29 is 0 Å². The summed E-state index contributed by atoms with van der Waals surface area (Å²) in [5, 5.41) is 19.9. The van der Waals surface area contributed by atoms with Crippen molar-refractivity contribution in [2.24, 2.45) is 4.99 Å². The molecule has 0 spiro atoms. The largest absolute Gasteiger partial charge is 0.282 e. The SMILES string of the molecule is CN(C#N)C(=NC(=N)c1cc(Br)cc(Br)c1)c1ccc2ccccc2c1. The van der Waals surface area contributed by atoms with E-state index in [9.17, 15) is 5.26 Å². The number of benzene rings is 3. The van der Waals surface area contributed by atoms with Crippen molar-refractivity contribution in [3.8, 4) is 6.19 Å². The third-order valence-corrected chi connectivity index (χ3v) is 4.74. The zero-order valence-electron chi connectivity index (χ0n) is 13.9. The van der Waals surface area contributed by atoms with Gasteiger partial charge in [-0.2, -0.15) is 5.26 Å². The van der Waals surface area contributed by atoms with Crippen molar-refractivity contribution in [2.75, 3.05) is 7.05 Å². The Hall–Kier alpha value is -2.49. The van der Waals surface area contributed by atoms with Crippen LogP contribution in [0.25, 0.3) is 10.8 Å². The molecule has 128 valence electrons. The van der Waals surface area contributed by atoms with Gasteiger partial charge in [-0.1, -0.05) is 68.3 Å². The van der Waals surface area contributed by atoms with Crippen LogP contribution in [0.4, 0.5) is 0 Å². The van der Waals surface area contributed by atoms with E-state index in [0.717, 1.165) is 25.3 Å². The van der Waals surface area contributed by atoms with E-state index < -0.39 is 0 Å². The smallest absolute Gasteiger partial charge is 0.185 e. The quantitative estimate of drug-likeness (QED) is 0.231. The number of nitrogens with one attached hydrogen (secondary N) is 1. The zero-order chi connectivity index (χ0) is 18.7. The third-order valence-electron chi connectivity index (χ3n) is 3.83. The maximum absolute atomic E-state index is 9.36. The molecule has 0 atom stereocenters. The van der Waals surface area contributed by atoms with Crippen molar-refractivity contribution in [1.29, 1.82) is 10.7 Å². The van der Waals surface area contributed by atoms with Crippen LogP contribution in [-0.2, 0) is 0 Å². The number of aliphatic imine (C=N–C) groups is 1. The molecule has 0 aliphatic heterocycles. The molecular weight excluding hydrogens is 456 g/mol. The van der Waals surface area contributed by atoms with Crippen LogP contribution in [0.5, 0.6) is 0 Å². The lowest BCUT2D eigenvalue weighted by molar-refractivity contribution is 0.713. The van der Waals surface area contributed by atoms with Crippen molar-refractivity contribution in [3.63, 3.8) is 0 Å². The fraction of sp³-hybridized carbons (Fsp3) is 0.0500. The molecule has 0 heterocycles. The van der Waals surface area contributed by atoms with Gasteiger partial charge < -0.3 is 0 Å². The van der Waals surface area contributed by atoms with Crippen LogP contribution in [0.1, 0.15) is 11.1 Å². The van der Waals surface area contributed by atoms with Crippen LogP contribution in [0.3, 0.4) is 0 Å². The van der Waals surface area contributed by atoms with Gasteiger partial charge in [-0.25, -0.2) is 4.99 Å². The normalized spacial score (nSPS) is 11.2. The average molecular weight is 470 g/mol. The van der Waals surface area contributed by atoms with Crippen molar-refractivity contribution in [2.45, 2.75) is 0 Å². The molecule has 0 aliphatic carbocycles. The van der Waals surface area contributed by atoms with Gasteiger partial charge in [-0.05, 0) is 35.0 Å². The first-order valence-corrected chi connectivity index (χ1v) is 9.33. The van der Waals surface area contributed by atoms with E-state index in [2.05, 4.69) is 43.0 Å². The van der Waals surface area contributed by atoms with Gasteiger partial charge in [0.25, 0.3) is 0 Å². The van der Waals surface area contributed by atoms with Crippen molar-refractivity contribution >= 4 is 54.3 Å². The lowest BCUT2D eigenvalue weighted by atomic mass is 10.1. The molecule has 0 aliphatic rings. The fourth-order valence-electron chi connectivity index (χ4n) is 2.57. The Kier molecular flexibility index (Phi) is 5.50. The van der Waals surface area contributed by atoms with E-state index in [0.29, 0.717) is 11.4 Å². The van der Waals surface area contributed by atoms with Gasteiger partial charge in [0.05, 0.1) is 0 Å². The lowest BCUT2D eigenvalue weighted by Gasteiger charge is -2.14. The van der Waals surface area contributed by atoms with Crippen LogP contribution in [0.15, 0.2) is 74.6 Å². The number of nitrogens with zero attached hydrogens (tertiary/aromatic N) is 3. The van der Waals surface area contributed by atoms with Crippen LogP contribution >= 0.6 is 31.9 Å². The molecule has 6 heteroatoms. The summed E-state index contributed by atoms with van der Waals surface area (Å²) in [5.74, 6) is 0.511. The van der Waals surface area contributed by atoms with E-state index in [1.807, 2.05) is 60.7 Å². The minimum Gasteiger partial charge on any atom is -0.282 e. The van der Waals surface area contributed by atoms with Crippen molar-refractivity contribution in [1.82, 2.24) is 4.90 Å². The number of fused-ring (bicyclic) bond motifs is 1. The molecular formula is C20H14Br2N4. The molecule has 1 N–H and O–H groups in total. The molecule has 26 heavy (non-hydrogen) atoms. The maximum Gasteiger partial charge on any atom is 0.185 e. The van der Waals surface area contributed by atoms with Gasteiger partial charge in [-0.3, -0.25) is 10.3 Å². The van der Waals surface area contributed by atoms with Gasteiger partial charge in [0.15, 0.2) is 17.9 Å². The highest BCUT2D eigenvalue weighted by Gasteiger charge is 2.13. The monoisotopic (exact) mass is 468 g/mol. The predicted octanol–water partition coefficient (Wildman–Crippen LogP) is 5.55.